The van der Waals surface area contributed by atoms with Crippen molar-refractivity contribution >= 4 is 11.9 Å². The Balaban J connectivity index is 1.55. The summed E-state index contributed by atoms with van der Waals surface area (Å²) >= 11 is 0. The average Bonchev–Trinajstić information content (AvgIpc) is 3.08. The third kappa shape index (κ3) is 4.11. The second-order valence-corrected chi connectivity index (χ2v) is 5.45. The molecule has 1 aliphatic rings. The van der Waals surface area contributed by atoms with Gasteiger partial charge in [0.15, 0.2) is 0 Å². The van der Waals surface area contributed by atoms with E-state index < -0.39 is 0 Å². The van der Waals surface area contributed by atoms with Crippen LogP contribution < -0.4 is 5.32 Å². The molecule has 0 aliphatic carbocycles. The van der Waals surface area contributed by atoms with E-state index in [1.54, 1.807) is 24.7 Å². The summed E-state index contributed by atoms with van der Waals surface area (Å²) in [6.45, 7) is 4.57. The van der Waals surface area contributed by atoms with Crippen LogP contribution in [0.5, 0.6) is 0 Å². The largest absolute Gasteiger partial charge is 0.374 e. The molecule has 0 saturated carbocycles. The summed E-state index contributed by atoms with van der Waals surface area (Å²) < 4.78 is 7.61. The minimum Gasteiger partial charge on any atom is -0.374 e. The van der Waals surface area contributed by atoms with Crippen molar-refractivity contribution in [1.82, 2.24) is 24.6 Å². The van der Waals surface area contributed by atoms with Gasteiger partial charge in [0.2, 0.25) is 11.9 Å². The number of rotatable bonds is 5. The SMILES string of the molecule is C[C@@H](C(=O)Nc1ncccn1)N1CCO[C@@H](Cn2cccn2)C1. The smallest absolute Gasteiger partial charge is 0.243 e. The molecule has 1 N–H and O–H groups in total. The molecule has 2 atom stereocenters. The monoisotopic (exact) mass is 316 g/mol. The first-order valence-electron chi connectivity index (χ1n) is 7.63. The highest BCUT2D eigenvalue weighted by Gasteiger charge is 2.28. The van der Waals surface area contributed by atoms with E-state index in [9.17, 15) is 4.79 Å². The van der Waals surface area contributed by atoms with Gasteiger partial charge in [-0.2, -0.15) is 5.10 Å². The maximum Gasteiger partial charge on any atom is 0.243 e. The van der Waals surface area contributed by atoms with Gasteiger partial charge in [-0.05, 0) is 19.1 Å². The normalized spacial score (nSPS) is 20.1. The molecular weight excluding hydrogens is 296 g/mol. The van der Waals surface area contributed by atoms with Crippen LogP contribution in [0.1, 0.15) is 6.92 Å². The summed E-state index contributed by atoms with van der Waals surface area (Å²) in [5.41, 5.74) is 0. The second kappa shape index (κ2) is 7.30. The quantitative estimate of drug-likeness (QED) is 0.859. The predicted molar refractivity (Wildman–Crippen MR) is 83.7 cm³/mol. The number of hydrogen-bond acceptors (Lipinski definition) is 6. The molecule has 0 spiro atoms. The van der Waals surface area contributed by atoms with Crippen LogP contribution >= 0.6 is 0 Å². The Morgan fingerprint density at radius 3 is 2.96 bits per heavy atom. The third-order valence-electron chi connectivity index (χ3n) is 3.85. The number of morpholine rings is 1. The fraction of sp³-hybridized carbons (Fsp3) is 0.467. The van der Waals surface area contributed by atoms with Gasteiger partial charge in [-0.1, -0.05) is 0 Å². The Morgan fingerprint density at radius 1 is 1.39 bits per heavy atom. The second-order valence-electron chi connectivity index (χ2n) is 5.45. The topological polar surface area (TPSA) is 85.2 Å². The van der Waals surface area contributed by atoms with E-state index >= 15 is 0 Å². The van der Waals surface area contributed by atoms with E-state index in [1.165, 1.54) is 0 Å². The Morgan fingerprint density at radius 2 is 2.22 bits per heavy atom. The van der Waals surface area contributed by atoms with E-state index in [0.717, 1.165) is 6.54 Å². The molecule has 1 saturated heterocycles. The summed E-state index contributed by atoms with van der Waals surface area (Å²) in [6.07, 6.45) is 6.87. The summed E-state index contributed by atoms with van der Waals surface area (Å²) in [4.78, 5) is 22.5. The first-order valence-corrected chi connectivity index (χ1v) is 7.63. The van der Waals surface area contributed by atoms with Gasteiger partial charge >= 0.3 is 0 Å². The molecule has 3 rings (SSSR count). The summed E-state index contributed by atoms with van der Waals surface area (Å²) in [6, 6.07) is 3.32. The van der Waals surface area contributed by atoms with Gasteiger partial charge < -0.3 is 4.74 Å². The van der Waals surface area contributed by atoms with Crippen LogP contribution in [0.25, 0.3) is 0 Å². The molecule has 0 unspecified atom stereocenters. The molecule has 1 aliphatic heterocycles. The zero-order chi connectivity index (χ0) is 16.1. The van der Waals surface area contributed by atoms with Crippen molar-refractivity contribution in [1.29, 1.82) is 0 Å². The van der Waals surface area contributed by atoms with Crippen LogP contribution in [-0.4, -0.2) is 62.4 Å². The highest BCUT2D eigenvalue weighted by molar-refractivity contribution is 5.93. The fourth-order valence-electron chi connectivity index (χ4n) is 2.57. The number of carbonyl (C=O) groups excluding carboxylic acids is 1. The standard InChI is InChI=1S/C15H20N6O2/c1-12(14(22)19-15-16-4-2-5-17-15)20-8-9-23-13(10-20)11-21-7-3-6-18-21/h2-7,12-13H,8-11H2,1H3,(H,16,17,19,22)/t12-,13+/m0/s1. The van der Waals surface area contributed by atoms with Crippen LogP contribution in [0.2, 0.25) is 0 Å². The molecule has 3 heterocycles. The number of ether oxygens (including phenoxy) is 1. The Bertz CT molecular complexity index is 618. The maximum absolute atomic E-state index is 12.3. The van der Waals surface area contributed by atoms with Crippen LogP contribution in [0.4, 0.5) is 5.95 Å². The highest BCUT2D eigenvalue weighted by Crippen LogP contribution is 2.12. The molecule has 0 radical (unpaired) electrons. The molecule has 8 nitrogen and oxygen atoms in total. The molecule has 2 aromatic rings. The first-order chi connectivity index (χ1) is 11.2. The van der Waals surface area contributed by atoms with Crippen molar-refractivity contribution in [3.8, 4) is 0 Å². The van der Waals surface area contributed by atoms with Crippen molar-refractivity contribution in [2.24, 2.45) is 0 Å². The summed E-state index contributed by atoms with van der Waals surface area (Å²) in [7, 11) is 0. The molecular formula is C15H20N6O2. The van der Waals surface area contributed by atoms with Gasteiger partial charge in [-0.3, -0.25) is 19.7 Å². The van der Waals surface area contributed by atoms with E-state index in [4.69, 9.17) is 4.74 Å². The lowest BCUT2D eigenvalue weighted by Gasteiger charge is -2.35. The van der Waals surface area contributed by atoms with Crippen molar-refractivity contribution in [3.05, 3.63) is 36.9 Å². The Labute approximate surface area is 134 Å². The van der Waals surface area contributed by atoms with Gasteiger partial charge in [0.1, 0.15) is 0 Å². The Hall–Kier alpha value is -2.32. The lowest BCUT2D eigenvalue weighted by Crippen LogP contribution is -2.51. The van der Waals surface area contributed by atoms with Crippen molar-refractivity contribution < 1.29 is 9.53 Å². The zero-order valence-corrected chi connectivity index (χ0v) is 13.0. The van der Waals surface area contributed by atoms with Gasteiger partial charge in [0.05, 0.1) is 25.3 Å². The predicted octanol–water partition coefficient (Wildman–Crippen LogP) is 0.401. The maximum atomic E-state index is 12.3. The number of nitrogens with one attached hydrogen (secondary N) is 1. The zero-order valence-electron chi connectivity index (χ0n) is 13.0. The van der Waals surface area contributed by atoms with Gasteiger partial charge in [0.25, 0.3) is 0 Å². The minimum atomic E-state index is -0.275. The molecule has 8 heteroatoms. The first kappa shape index (κ1) is 15.6. The number of hydrogen-bond donors (Lipinski definition) is 1. The van der Waals surface area contributed by atoms with Crippen molar-refractivity contribution in [2.45, 2.75) is 25.6 Å². The molecule has 1 amide bonds. The molecule has 122 valence electrons. The number of carbonyl (C=O) groups is 1. The molecule has 23 heavy (non-hydrogen) atoms. The van der Waals surface area contributed by atoms with Crippen LogP contribution in [0.3, 0.4) is 0 Å². The average molecular weight is 316 g/mol. The van der Waals surface area contributed by atoms with Crippen LogP contribution in [-0.2, 0) is 16.1 Å². The molecule has 0 aromatic carbocycles. The third-order valence-corrected chi connectivity index (χ3v) is 3.85. The van der Waals surface area contributed by atoms with Crippen molar-refractivity contribution in [3.63, 3.8) is 0 Å². The number of nitrogens with zero attached hydrogens (tertiary/aromatic N) is 5. The summed E-state index contributed by atoms with van der Waals surface area (Å²) in [5.74, 6) is 0.210. The highest BCUT2D eigenvalue weighted by atomic mass is 16.5. The van der Waals surface area contributed by atoms with Gasteiger partial charge in [-0.25, -0.2) is 9.97 Å². The van der Waals surface area contributed by atoms with Gasteiger partial charge in [-0.15, -0.1) is 0 Å². The van der Waals surface area contributed by atoms with Crippen molar-refractivity contribution in [2.75, 3.05) is 25.0 Å². The van der Waals surface area contributed by atoms with Crippen LogP contribution in [0.15, 0.2) is 36.9 Å². The molecule has 2 aromatic heterocycles. The lowest BCUT2D eigenvalue weighted by atomic mass is 10.2. The molecule has 0 bridgehead atoms. The van der Waals surface area contributed by atoms with E-state index in [0.29, 0.717) is 25.6 Å². The number of anilines is 1. The van der Waals surface area contributed by atoms with Gasteiger partial charge in [0, 0.05) is 37.9 Å². The van der Waals surface area contributed by atoms with Crippen LogP contribution in [0, 0.1) is 0 Å². The number of amides is 1. The summed E-state index contributed by atoms with van der Waals surface area (Å²) in [5, 5.41) is 6.93. The van der Waals surface area contributed by atoms with E-state index in [1.807, 2.05) is 23.9 Å². The number of aromatic nitrogens is 4. The van der Waals surface area contributed by atoms with E-state index in [-0.39, 0.29) is 18.1 Å². The molecule has 1 fully saturated rings. The van der Waals surface area contributed by atoms with E-state index in [2.05, 4.69) is 25.3 Å². The fourth-order valence-corrected chi connectivity index (χ4v) is 2.57. The Kier molecular flexibility index (Phi) is 4.94. The minimum absolute atomic E-state index is 0.0203. The lowest BCUT2D eigenvalue weighted by molar-refractivity contribution is -0.124.